The van der Waals surface area contributed by atoms with Crippen LogP contribution in [0.2, 0.25) is 0 Å². The lowest BCUT2D eigenvalue weighted by atomic mass is 9.94. The molecule has 1 atom stereocenters. The lowest BCUT2D eigenvalue weighted by molar-refractivity contribution is -0.138. The predicted molar refractivity (Wildman–Crippen MR) is 115 cm³/mol. The Bertz CT molecular complexity index is 924. The molecule has 1 aromatic carbocycles. The topological polar surface area (TPSA) is 102 Å². The predicted octanol–water partition coefficient (Wildman–Crippen LogP) is 4.00. The number of sulfonamides is 1. The minimum Gasteiger partial charge on any atom is -0.478 e. The number of carboxylic acid groups (broad SMARTS) is 1. The molecule has 2 N–H and O–H groups in total. The number of rotatable bonds is 10. The summed E-state index contributed by atoms with van der Waals surface area (Å²) in [6, 6.07) is 3.93. The highest BCUT2D eigenvalue weighted by molar-refractivity contribution is 7.93. The molecule has 1 fully saturated rings. The van der Waals surface area contributed by atoms with Crippen LogP contribution < -0.4 is 4.72 Å². The van der Waals surface area contributed by atoms with Gasteiger partial charge < -0.3 is 14.6 Å². The maximum Gasteiger partial charge on any atom is 0.332 e. The first-order valence-corrected chi connectivity index (χ1v) is 12.3. The Morgan fingerprint density at radius 1 is 1.23 bits per heavy atom. The summed E-state index contributed by atoms with van der Waals surface area (Å²) >= 11 is 0. The van der Waals surface area contributed by atoms with E-state index in [2.05, 4.69) is 11.6 Å². The summed E-state index contributed by atoms with van der Waals surface area (Å²) in [5, 5.41) is 8.38. The SMILES string of the molecule is CCCCCCCc1cc(F)ccc1NS(=O)(=O)C1CCC2(C=C1C(=O)O)OCCO2. The summed E-state index contributed by atoms with van der Waals surface area (Å²) in [4.78, 5) is 11.8. The molecule has 0 saturated carbocycles. The van der Waals surface area contributed by atoms with Gasteiger partial charge in [-0.3, -0.25) is 4.72 Å². The summed E-state index contributed by atoms with van der Waals surface area (Å²) in [6.45, 7) is 2.78. The van der Waals surface area contributed by atoms with Gasteiger partial charge in [0.15, 0.2) is 5.79 Å². The molecule has 0 aromatic heterocycles. The maximum atomic E-state index is 13.8. The molecule has 172 valence electrons. The molecular weight excluding hydrogens is 425 g/mol. The molecule has 1 unspecified atom stereocenters. The number of hydrogen-bond acceptors (Lipinski definition) is 5. The Morgan fingerprint density at radius 3 is 2.61 bits per heavy atom. The third-order valence-electron chi connectivity index (χ3n) is 5.74. The number of carbonyl (C=O) groups is 1. The number of benzene rings is 1. The summed E-state index contributed by atoms with van der Waals surface area (Å²) in [7, 11) is -4.08. The number of ether oxygens (including phenoxy) is 2. The van der Waals surface area contributed by atoms with E-state index in [1.807, 2.05) is 0 Å². The third kappa shape index (κ3) is 5.84. The van der Waals surface area contributed by atoms with Crippen LogP contribution in [0.25, 0.3) is 0 Å². The minimum absolute atomic E-state index is 0.0427. The van der Waals surface area contributed by atoms with E-state index in [0.717, 1.165) is 32.1 Å². The van der Waals surface area contributed by atoms with Gasteiger partial charge >= 0.3 is 5.97 Å². The number of carboxylic acids is 1. The Morgan fingerprint density at radius 2 is 1.94 bits per heavy atom. The number of anilines is 1. The van der Waals surface area contributed by atoms with E-state index < -0.39 is 32.8 Å². The number of halogens is 1. The maximum absolute atomic E-state index is 13.8. The Hall–Kier alpha value is -1.97. The molecule has 1 saturated heterocycles. The van der Waals surface area contributed by atoms with Crippen LogP contribution in [0, 0.1) is 5.82 Å². The van der Waals surface area contributed by atoms with E-state index in [1.165, 1.54) is 24.3 Å². The van der Waals surface area contributed by atoms with Crippen LogP contribution in [0.5, 0.6) is 0 Å². The van der Waals surface area contributed by atoms with Gasteiger partial charge in [-0.15, -0.1) is 0 Å². The fraction of sp³-hybridized carbons (Fsp3) is 0.591. The molecule has 2 aliphatic rings. The van der Waals surface area contributed by atoms with Gasteiger partial charge in [0.05, 0.1) is 24.5 Å². The van der Waals surface area contributed by atoms with Crippen molar-refractivity contribution in [3.63, 3.8) is 0 Å². The Kier molecular flexibility index (Phi) is 7.72. The summed E-state index contributed by atoms with van der Waals surface area (Å²) in [6.07, 6.45) is 7.21. The average molecular weight is 456 g/mol. The van der Waals surface area contributed by atoms with E-state index in [-0.39, 0.29) is 24.1 Å². The highest BCUT2D eigenvalue weighted by atomic mass is 32.2. The van der Waals surface area contributed by atoms with Crippen molar-refractivity contribution in [1.29, 1.82) is 0 Å². The number of nitrogens with one attached hydrogen (secondary N) is 1. The molecule has 1 spiro atoms. The van der Waals surface area contributed by atoms with Crippen LogP contribution in [0.1, 0.15) is 57.4 Å². The molecule has 1 aromatic rings. The normalized spacial score (nSPS) is 20.6. The van der Waals surface area contributed by atoms with Crippen molar-refractivity contribution in [3.05, 3.63) is 41.2 Å². The van der Waals surface area contributed by atoms with Crippen molar-refractivity contribution in [2.24, 2.45) is 0 Å². The van der Waals surface area contributed by atoms with Gasteiger partial charge in [-0.2, -0.15) is 0 Å². The smallest absolute Gasteiger partial charge is 0.332 e. The van der Waals surface area contributed by atoms with Crippen LogP contribution in [-0.4, -0.2) is 43.7 Å². The molecule has 7 nitrogen and oxygen atoms in total. The molecule has 0 amide bonds. The third-order valence-corrected chi connectivity index (χ3v) is 7.49. The van der Waals surface area contributed by atoms with Gasteiger partial charge in [-0.05, 0) is 49.1 Å². The van der Waals surface area contributed by atoms with Crippen LogP contribution >= 0.6 is 0 Å². The first-order chi connectivity index (χ1) is 14.8. The molecular formula is C22H30FNO6S. The van der Waals surface area contributed by atoms with Gasteiger partial charge in [-0.1, -0.05) is 32.6 Å². The van der Waals surface area contributed by atoms with Crippen LogP contribution in [0.4, 0.5) is 10.1 Å². The number of hydrogen-bond donors (Lipinski definition) is 2. The number of aryl methyl sites for hydroxylation is 1. The molecule has 1 aliphatic heterocycles. The van der Waals surface area contributed by atoms with Crippen molar-refractivity contribution >= 4 is 21.7 Å². The van der Waals surface area contributed by atoms with Crippen molar-refractivity contribution < 1.29 is 32.2 Å². The second-order valence-corrected chi connectivity index (χ2v) is 9.92. The van der Waals surface area contributed by atoms with Gasteiger partial charge in [0, 0.05) is 6.42 Å². The lowest BCUT2D eigenvalue weighted by Crippen LogP contribution is -2.42. The summed E-state index contributed by atoms with van der Waals surface area (Å²) in [5.41, 5.74) is 0.579. The van der Waals surface area contributed by atoms with Crippen molar-refractivity contribution in [1.82, 2.24) is 0 Å². The molecule has 9 heteroatoms. The fourth-order valence-corrected chi connectivity index (χ4v) is 5.70. The molecule has 0 bridgehead atoms. The van der Waals surface area contributed by atoms with E-state index in [1.54, 1.807) is 0 Å². The van der Waals surface area contributed by atoms with Gasteiger partial charge in [0.1, 0.15) is 11.1 Å². The van der Waals surface area contributed by atoms with E-state index >= 15 is 0 Å². The summed E-state index contributed by atoms with van der Waals surface area (Å²) in [5.74, 6) is -2.93. The largest absolute Gasteiger partial charge is 0.478 e. The fourth-order valence-electron chi connectivity index (χ4n) is 4.12. The van der Waals surface area contributed by atoms with E-state index in [9.17, 15) is 22.7 Å². The van der Waals surface area contributed by atoms with Gasteiger partial charge in [0.25, 0.3) is 0 Å². The first kappa shape index (κ1) is 23.7. The van der Waals surface area contributed by atoms with Crippen molar-refractivity contribution in [2.75, 3.05) is 17.9 Å². The molecule has 31 heavy (non-hydrogen) atoms. The van der Waals surface area contributed by atoms with Gasteiger partial charge in [0.2, 0.25) is 10.0 Å². The molecule has 3 rings (SSSR count). The van der Waals surface area contributed by atoms with E-state index in [4.69, 9.17) is 9.47 Å². The Labute approximate surface area is 182 Å². The second kappa shape index (κ2) is 10.1. The quantitative estimate of drug-likeness (QED) is 0.517. The minimum atomic E-state index is -4.08. The number of unbranched alkanes of at least 4 members (excludes halogenated alkanes) is 4. The highest BCUT2D eigenvalue weighted by Crippen LogP contribution is 2.37. The zero-order valence-electron chi connectivity index (χ0n) is 17.7. The van der Waals surface area contributed by atoms with Crippen LogP contribution in [-0.2, 0) is 30.7 Å². The van der Waals surface area contributed by atoms with E-state index in [0.29, 0.717) is 25.2 Å². The lowest BCUT2D eigenvalue weighted by Gasteiger charge is -2.32. The first-order valence-electron chi connectivity index (χ1n) is 10.8. The second-order valence-electron chi connectivity index (χ2n) is 8.05. The molecule has 1 aliphatic carbocycles. The van der Waals surface area contributed by atoms with Crippen LogP contribution in [0.3, 0.4) is 0 Å². The summed E-state index contributed by atoms with van der Waals surface area (Å²) < 4.78 is 53.7. The number of aliphatic carboxylic acids is 1. The zero-order chi connectivity index (χ0) is 22.5. The van der Waals surface area contributed by atoms with Crippen molar-refractivity contribution in [2.45, 2.75) is 69.3 Å². The Balaban J connectivity index is 1.79. The zero-order valence-corrected chi connectivity index (χ0v) is 18.5. The van der Waals surface area contributed by atoms with Crippen LogP contribution in [0.15, 0.2) is 29.8 Å². The molecule has 1 heterocycles. The van der Waals surface area contributed by atoms with Crippen molar-refractivity contribution in [3.8, 4) is 0 Å². The highest BCUT2D eigenvalue weighted by Gasteiger charge is 2.45. The van der Waals surface area contributed by atoms with Gasteiger partial charge in [-0.25, -0.2) is 17.6 Å². The average Bonchev–Trinajstić information content (AvgIpc) is 3.17. The standard InChI is InChI=1S/C22H30FNO6S/c1-2-3-4-5-6-7-16-14-17(23)8-9-19(16)24-31(27,28)20-10-11-22(29-12-13-30-22)15-18(20)21(25)26/h8-9,14-15,20,24H,2-7,10-13H2,1H3,(H,25,26). The molecule has 0 radical (unpaired) electrons. The monoisotopic (exact) mass is 455 g/mol.